The third-order valence-corrected chi connectivity index (χ3v) is 12.0. The summed E-state index contributed by atoms with van der Waals surface area (Å²) in [7, 11) is 0. The zero-order chi connectivity index (χ0) is 41.2. The van der Waals surface area contributed by atoms with Crippen LogP contribution in [-0.2, 0) is 28.5 Å². The van der Waals surface area contributed by atoms with E-state index in [0.29, 0.717) is 68.2 Å². The van der Waals surface area contributed by atoms with Gasteiger partial charge in [-0.25, -0.2) is 0 Å². The van der Waals surface area contributed by atoms with Gasteiger partial charge in [0.05, 0.1) is 25.9 Å². The number of hydrogen-bond acceptors (Lipinski definition) is 7. The van der Waals surface area contributed by atoms with Crippen LogP contribution in [0.25, 0.3) is 0 Å². The Balaban J connectivity index is 2.03. The maximum atomic E-state index is 12.3. The van der Waals surface area contributed by atoms with E-state index in [0.717, 1.165) is 71.1 Å². The van der Waals surface area contributed by atoms with E-state index in [1.54, 1.807) is 0 Å². The van der Waals surface area contributed by atoms with Crippen LogP contribution in [0.15, 0.2) is 0 Å². The first-order valence-corrected chi connectivity index (χ1v) is 24.2. The Kier molecular flexibility index (Phi) is 33.7. The van der Waals surface area contributed by atoms with Crippen LogP contribution < -0.4 is 0 Å². The highest BCUT2D eigenvalue weighted by molar-refractivity contribution is 5.69. The van der Waals surface area contributed by atoms with Crippen molar-refractivity contribution in [2.45, 2.75) is 216 Å². The lowest BCUT2D eigenvalue weighted by Crippen LogP contribution is -2.35. The Morgan fingerprint density at radius 2 is 0.875 bits per heavy atom. The first-order chi connectivity index (χ1) is 27.0. The van der Waals surface area contributed by atoms with Gasteiger partial charge in [0, 0.05) is 32.6 Å². The third kappa shape index (κ3) is 31.8. The van der Waals surface area contributed by atoms with Gasteiger partial charge in [0.2, 0.25) is 0 Å². The van der Waals surface area contributed by atoms with Crippen molar-refractivity contribution in [2.24, 2.45) is 35.5 Å². The zero-order valence-electron chi connectivity index (χ0n) is 38.6. The maximum absolute atomic E-state index is 12.3. The number of carbonyl (C=O) groups is 2. The molecule has 332 valence electrons. The zero-order valence-corrected chi connectivity index (χ0v) is 38.6. The van der Waals surface area contributed by atoms with Crippen LogP contribution in [0.3, 0.4) is 0 Å². The second-order valence-electron chi connectivity index (χ2n) is 19.0. The topological polar surface area (TPSA) is 74.3 Å². The van der Waals surface area contributed by atoms with Gasteiger partial charge in [0.15, 0.2) is 0 Å². The Hall–Kier alpha value is -1.18. The summed E-state index contributed by atoms with van der Waals surface area (Å²) in [6, 6.07) is 0. The summed E-state index contributed by atoms with van der Waals surface area (Å²) in [5.74, 6) is 3.45. The highest BCUT2D eigenvalue weighted by Crippen LogP contribution is 2.22. The largest absolute Gasteiger partial charge is 0.465 e. The van der Waals surface area contributed by atoms with E-state index in [9.17, 15) is 9.59 Å². The molecule has 0 bridgehead atoms. The van der Waals surface area contributed by atoms with Crippen LogP contribution in [0, 0.1) is 35.5 Å². The lowest BCUT2D eigenvalue weighted by Gasteiger charge is -2.24. The van der Waals surface area contributed by atoms with Gasteiger partial charge in [-0.15, -0.1) is 0 Å². The van der Waals surface area contributed by atoms with Crippen molar-refractivity contribution in [3.8, 4) is 0 Å². The standard InChI is InChI=1S/C49H95NO6/c1-41(2)29-31-45(43(5)6)38-55-48(51)27-21-17-13-9-11-15-19-25-35-53-40-47(37-50-33-23-24-34-50)54-36-26-20-16-12-10-14-18-22-28-49(52)56-39-46(44(7)8)32-30-42(3)4/h41-47H,9-40H2,1-8H3. The van der Waals surface area contributed by atoms with Gasteiger partial charge >= 0.3 is 11.9 Å². The molecule has 0 aromatic rings. The average Bonchev–Trinajstić information content (AvgIpc) is 3.66. The minimum Gasteiger partial charge on any atom is -0.465 e. The van der Waals surface area contributed by atoms with Crippen LogP contribution in [0.2, 0.25) is 0 Å². The van der Waals surface area contributed by atoms with E-state index in [4.69, 9.17) is 18.9 Å². The smallest absolute Gasteiger partial charge is 0.305 e. The highest BCUT2D eigenvalue weighted by Gasteiger charge is 2.20. The van der Waals surface area contributed by atoms with Gasteiger partial charge in [-0.1, -0.05) is 145 Å². The van der Waals surface area contributed by atoms with Crippen molar-refractivity contribution in [2.75, 3.05) is 52.7 Å². The molecule has 7 heteroatoms. The van der Waals surface area contributed by atoms with E-state index < -0.39 is 0 Å². The number of rotatable bonds is 39. The Morgan fingerprint density at radius 3 is 1.29 bits per heavy atom. The molecular weight excluding hydrogens is 699 g/mol. The molecule has 1 heterocycles. The minimum atomic E-state index is -0.0120. The minimum absolute atomic E-state index is 0.0116. The molecule has 0 spiro atoms. The lowest BCUT2D eigenvalue weighted by molar-refractivity contribution is -0.146. The molecule has 56 heavy (non-hydrogen) atoms. The van der Waals surface area contributed by atoms with Crippen LogP contribution in [0.5, 0.6) is 0 Å². The fourth-order valence-corrected chi connectivity index (χ4v) is 7.70. The van der Waals surface area contributed by atoms with Crippen LogP contribution in [-0.4, -0.2) is 75.6 Å². The van der Waals surface area contributed by atoms with E-state index in [2.05, 4.69) is 60.3 Å². The summed E-state index contributed by atoms with van der Waals surface area (Å²) < 4.78 is 23.8. The fourth-order valence-electron chi connectivity index (χ4n) is 7.70. The molecule has 0 aromatic carbocycles. The monoisotopic (exact) mass is 794 g/mol. The molecule has 1 aliphatic rings. The maximum Gasteiger partial charge on any atom is 0.305 e. The van der Waals surface area contributed by atoms with E-state index in [1.807, 2.05) is 0 Å². The van der Waals surface area contributed by atoms with Gasteiger partial charge in [0.25, 0.3) is 0 Å². The molecule has 0 aliphatic carbocycles. The second kappa shape index (κ2) is 35.7. The molecule has 0 amide bonds. The Bertz CT molecular complexity index is 901. The van der Waals surface area contributed by atoms with Gasteiger partial charge < -0.3 is 23.8 Å². The van der Waals surface area contributed by atoms with Gasteiger partial charge in [-0.2, -0.15) is 0 Å². The quantitative estimate of drug-likeness (QED) is 0.0453. The van der Waals surface area contributed by atoms with Crippen LogP contribution >= 0.6 is 0 Å². The van der Waals surface area contributed by atoms with E-state index in [-0.39, 0.29) is 18.0 Å². The number of likely N-dealkylation sites (tertiary alicyclic amines) is 1. The predicted molar refractivity (Wildman–Crippen MR) is 236 cm³/mol. The second-order valence-corrected chi connectivity index (χ2v) is 19.0. The molecule has 1 aliphatic heterocycles. The number of ether oxygens (including phenoxy) is 4. The molecule has 0 aromatic heterocycles. The molecule has 3 unspecified atom stereocenters. The van der Waals surface area contributed by atoms with Crippen molar-refractivity contribution in [3.05, 3.63) is 0 Å². The molecule has 0 N–H and O–H groups in total. The molecular formula is C49H95NO6. The average molecular weight is 794 g/mol. The van der Waals surface area contributed by atoms with Gasteiger partial charge in [-0.05, 0) is 100.0 Å². The Labute approximate surface area is 348 Å². The van der Waals surface area contributed by atoms with Crippen molar-refractivity contribution >= 4 is 11.9 Å². The molecule has 0 saturated carbocycles. The van der Waals surface area contributed by atoms with Crippen molar-refractivity contribution in [1.29, 1.82) is 0 Å². The van der Waals surface area contributed by atoms with Crippen molar-refractivity contribution in [1.82, 2.24) is 4.90 Å². The van der Waals surface area contributed by atoms with Crippen molar-refractivity contribution in [3.63, 3.8) is 0 Å². The molecule has 7 nitrogen and oxygen atoms in total. The number of carbonyl (C=O) groups excluding carboxylic acids is 2. The fraction of sp³-hybridized carbons (Fsp3) is 0.959. The van der Waals surface area contributed by atoms with E-state index in [1.165, 1.54) is 103 Å². The first kappa shape index (κ1) is 52.8. The van der Waals surface area contributed by atoms with Gasteiger partial charge in [-0.3, -0.25) is 9.59 Å². The first-order valence-electron chi connectivity index (χ1n) is 24.2. The Morgan fingerprint density at radius 1 is 0.482 bits per heavy atom. The van der Waals surface area contributed by atoms with E-state index >= 15 is 0 Å². The normalized spacial score (nSPS) is 15.4. The summed E-state index contributed by atoms with van der Waals surface area (Å²) >= 11 is 0. The molecule has 1 saturated heterocycles. The summed E-state index contributed by atoms with van der Waals surface area (Å²) in [6.07, 6.45) is 27.4. The molecule has 3 atom stereocenters. The van der Waals surface area contributed by atoms with Crippen LogP contribution in [0.4, 0.5) is 0 Å². The number of unbranched alkanes of at least 4 members (excludes halogenated alkanes) is 14. The third-order valence-electron chi connectivity index (χ3n) is 12.0. The summed E-state index contributed by atoms with van der Waals surface area (Å²) in [5.41, 5.74) is 0. The molecule has 1 fully saturated rings. The lowest BCUT2D eigenvalue weighted by atomic mass is 9.89. The highest BCUT2D eigenvalue weighted by atomic mass is 16.5. The van der Waals surface area contributed by atoms with Crippen molar-refractivity contribution < 1.29 is 28.5 Å². The summed E-state index contributed by atoms with van der Waals surface area (Å²) in [5, 5.41) is 0. The number of hydrogen-bond donors (Lipinski definition) is 0. The molecule has 0 radical (unpaired) electrons. The SMILES string of the molecule is CC(C)CCC(COC(=O)CCCCCCCCCCOCC(CN1CCCC1)OCCCCCCCCCCC(=O)OCC(CCC(C)C)C(C)C)C(C)C. The summed E-state index contributed by atoms with van der Waals surface area (Å²) in [6.45, 7) is 24.9. The summed E-state index contributed by atoms with van der Waals surface area (Å²) in [4.78, 5) is 27.0. The van der Waals surface area contributed by atoms with Crippen LogP contribution in [0.1, 0.15) is 209 Å². The number of esters is 2. The predicted octanol–water partition coefficient (Wildman–Crippen LogP) is 13.0. The number of nitrogens with zero attached hydrogens (tertiary/aromatic N) is 1. The van der Waals surface area contributed by atoms with Gasteiger partial charge in [0.1, 0.15) is 0 Å². The molecule has 1 rings (SSSR count).